The Hall–Kier alpha value is -1.08. The summed E-state index contributed by atoms with van der Waals surface area (Å²) in [6.07, 6.45) is 4.08. The first-order valence-corrected chi connectivity index (χ1v) is 7.51. The zero-order valence-corrected chi connectivity index (χ0v) is 12.5. The van der Waals surface area contributed by atoms with Crippen molar-refractivity contribution in [2.45, 2.75) is 45.4 Å². The molecular formula is C18H25N. The smallest absolute Gasteiger partial charge is 0.00928 e. The van der Waals surface area contributed by atoms with Gasteiger partial charge in [0.05, 0.1) is 0 Å². The second-order valence-corrected chi connectivity index (χ2v) is 6.86. The Kier molecular flexibility index (Phi) is 3.05. The van der Waals surface area contributed by atoms with Gasteiger partial charge < -0.3 is 5.32 Å². The van der Waals surface area contributed by atoms with E-state index in [1.54, 1.807) is 11.1 Å². The summed E-state index contributed by atoms with van der Waals surface area (Å²) in [7, 11) is 0. The van der Waals surface area contributed by atoms with E-state index >= 15 is 0 Å². The number of hydrogen-bond donors (Lipinski definition) is 1. The van der Waals surface area contributed by atoms with E-state index in [1.807, 2.05) is 0 Å². The normalized spacial score (nSPS) is 24.8. The Labute approximate surface area is 117 Å². The van der Waals surface area contributed by atoms with Crippen LogP contribution in [0.3, 0.4) is 0 Å². The SMILES string of the molecule is C=C(C)c1ccc2c(c1C)CC2(C)CNCC1CC1. The maximum atomic E-state index is 4.08. The molecule has 1 nitrogen and oxygen atoms in total. The first-order chi connectivity index (χ1) is 9.01. The summed E-state index contributed by atoms with van der Waals surface area (Å²) in [5.41, 5.74) is 7.44. The lowest BCUT2D eigenvalue weighted by molar-refractivity contribution is 0.375. The Balaban J connectivity index is 1.74. The second-order valence-electron chi connectivity index (χ2n) is 6.86. The molecule has 1 aromatic rings. The van der Waals surface area contributed by atoms with Gasteiger partial charge in [0.15, 0.2) is 0 Å². The molecule has 0 aliphatic heterocycles. The summed E-state index contributed by atoms with van der Waals surface area (Å²) in [4.78, 5) is 0. The van der Waals surface area contributed by atoms with Crippen LogP contribution in [0.25, 0.3) is 5.57 Å². The highest BCUT2D eigenvalue weighted by molar-refractivity contribution is 5.68. The molecule has 1 unspecified atom stereocenters. The molecule has 1 saturated carbocycles. The van der Waals surface area contributed by atoms with E-state index in [9.17, 15) is 0 Å². The molecule has 0 saturated heterocycles. The molecule has 1 aromatic carbocycles. The summed E-state index contributed by atoms with van der Waals surface area (Å²) in [5.74, 6) is 0.968. The van der Waals surface area contributed by atoms with Crippen molar-refractivity contribution in [2.75, 3.05) is 13.1 Å². The van der Waals surface area contributed by atoms with Crippen LogP contribution in [0.5, 0.6) is 0 Å². The minimum Gasteiger partial charge on any atom is -0.316 e. The van der Waals surface area contributed by atoms with Gasteiger partial charge in [-0.3, -0.25) is 0 Å². The minimum atomic E-state index is 0.350. The van der Waals surface area contributed by atoms with Crippen molar-refractivity contribution in [3.63, 3.8) is 0 Å². The molecule has 0 radical (unpaired) electrons. The van der Waals surface area contributed by atoms with E-state index in [0.29, 0.717) is 5.41 Å². The van der Waals surface area contributed by atoms with E-state index < -0.39 is 0 Å². The van der Waals surface area contributed by atoms with Crippen molar-refractivity contribution in [3.8, 4) is 0 Å². The number of nitrogens with one attached hydrogen (secondary N) is 1. The monoisotopic (exact) mass is 255 g/mol. The summed E-state index contributed by atoms with van der Waals surface area (Å²) in [6, 6.07) is 4.59. The molecule has 3 rings (SSSR count). The molecule has 0 heterocycles. The van der Waals surface area contributed by atoms with Gasteiger partial charge in [0.1, 0.15) is 0 Å². The average molecular weight is 255 g/mol. The van der Waals surface area contributed by atoms with Gasteiger partial charge in [-0.2, -0.15) is 0 Å². The lowest BCUT2D eigenvalue weighted by atomic mass is 9.63. The van der Waals surface area contributed by atoms with Crippen LogP contribution in [-0.4, -0.2) is 13.1 Å². The highest BCUT2D eigenvalue weighted by Gasteiger charge is 2.39. The van der Waals surface area contributed by atoms with Crippen LogP contribution in [0, 0.1) is 12.8 Å². The van der Waals surface area contributed by atoms with Crippen molar-refractivity contribution >= 4 is 5.57 Å². The van der Waals surface area contributed by atoms with Gasteiger partial charge in [0, 0.05) is 12.0 Å². The third-order valence-corrected chi connectivity index (χ3v) is 4.92. The standard InChI is InChI=1S/C18H25N/c1-12(2)15-7-8-17-16(13(15)3)9-18(17,4)11-19-10-14-5-6-14/h7-8,14,19H,1,5-6,9-11H2,2-4H3. The number of allylic oxidation sites excluding steroid dienone is 1. The fourth-order valence-electron chi connectivity index (χ4n) is 3.42. The Morgan fingerprint density at radius 1 is 1.42 bits per heavy atom. The Morgan fingerprint density at radius 2 is 2.16 bits per heavy atom. The van der Waals surface area contributed by atoms with Crippen LogP contribution in [-0.2, 0) is 11.8 Å². The molecule has 1 atom stereocenters. The van der Waals surface area contributed by atoms with Gasteiger partial charge in [0.2, 0.25) is 0 Å². The molecule has 0 amide bonds. The van der Waals surface area contributed by atoms with Gasteiger partial charge in [-0.15, -0.1) is 0 Å². The van der Waals surface area contributed by atoms with Crippen molar-refractivity contribution in [3.05, 3.63) is 41.0 Å². The fourth-order valence-corrected chi connectivity index (χ4v) is 3.42. The molecule has 0 bridgehead atoms. The molecule has 1 N–H and O–H groups in total. The third kappa shape index (κ3) is 2.25. The Bertz CT molecular complexity index is 525. The first-order valence-electron chi connectivity index (χ1n) is 7.51. The van der Waals surface area contributed by atoms with E-state index in [-0.39, 0.29) is 0 Å². The second kappa shape index (κ2) is 4.49. The van der Waals surface area contributed by atoms with Crippen LogP contribution >= 0.6 is 0 Å². The molecular weight excluding hydrogens is 230 g/mol. The molecule has 102 valence electrons. The van der Waals surface area contributed by atoms with Crippen molar-refractivity contribution in [1.82, 2.24) is 5.32 Å². The lowest BCUT2D eigenvalue weighted by Crippen LogP contribution is -2.45. The summed E-state index contributed by atoms with van der Waals surface area (Å²) in [5, 5.41) is 3.67. The van der Waals surface area contributed by atoms with E-state index in [0.717, 1.165) is 12.5 Å². The van der Waals surface area contributed by atoms with Gasteiger partial charge in [-0.1, -0.05) is 31.2 Å². The van der Waals surface area contributed by atoms with Gasteiger partial charge >= 0.3 is 0 Å². The predicted molar refractivity (Wildman–Crippen MR) is 82.5 cm³/mol. The molecule has 19 heavy (non-hydrogen) atoms. The Morgan fingerprint density at radius 3 is 2.79 bits per heavy atom. The number of hydrogen-bond acceptors (Lipinski definition) is 1. The summed E-state index contributed by atoms with van der Waals surface area (Å²) >= 11 is 0. The third-order valence-electron chi connectivity index (χ3n) is 4.92. The quantitative estimate of drug-likeness (QED) is 0.843. The topological polar surface area (TPSA) is 12.0 Å². The minimum absolute atomic E-state index is 0.350. The largest absolute Gasteiger partial charge is 0.316 e. The molecule has 0 aromatic heterocycles. The summed E-state index contributed by atoms with van der Waals surface area (Å²) < 4.78 is 0. The zero-order valence-electron chi connectivity index (χ0n) is 12.5. The number of rotatable bonds is 5. The maximum absolute atomic E-state index is 4.08. The van der Waals surface area contributed by atoms with Gasteiger partial charge in [-0.25, -0.2) is 0 Å². The molecule has 0 spiro atoms. The molecule has 2 aliphatic carbocycles. The average Bonchev–Trinajstić information content (AvgIpc) is 3.14. The highest BCUT2D eigenvalue weighted by Crippen LogP contribution is 2.44. The highest BCUT2D eigenvalue weighted by atomic mass is 14.9. The maximum Gasteiger partial charge on any atom is 0.00928 e. The molecule has 1 heteroatoms. The van der Waals surface area contributed by atoms with Gasteiger partial charge in [0.25, 0.3) is 0 Å². The van der Waals surface area contributed by atoms with Crippen LogP contribution in [0.1, 0.15) is 48.9 Å². The van der Waals surface area contributed by atoms with Crippen molar-refractivity contribution in [1.29, 1.82) is 0 Å². The van der Waals surface area contributed by atoms with Gasteiger partial charge in [-0.05, 0) is 67.8 Å². The number of fused-ring (bicyclic) bond motifs is 1. The zero-order chi connectivity index (χ0) is 13.6. The van der Waals surface area contributed by atoms with Crippen LogP contribution in [0.4, 0.5) is 0 Å². The lowest BCUT2D eigenvalue weighted by Gasteiger charge is -2.43. The van der Waals surface area contributed by atoms with E-state index in [2.05, 4.69) is 44.8 Å². The van der Waals surface area contributed by atoms with Crippen LogP contribution < -0.4 is 5.32 Å². The predicted octanol–water partition coefficient (Wildman–Crippen LogP) is 3.84. The van der Waals surface area contributed by atoms with Crippen molar-refractivity contribution < 1.29 is 0 Å². The van der Waals surface area contributed by atoms with Crippen LogP contribution in [0.2, 0.25) is 0 Å². The van der Waals surface area contributed by atoms with Crippen LogP contribution in [0.15, 0.2) is 18.7 Å². The van der Waals surface area contributed by atoms with E-state index in [1.165, 1.54) is 42.5 Å². The van der Waals surface area contributed by atoms with Crippen molar-refractivity contribution in [2.24, 2.45) is 5.92 Å². The summed E-state index contributed by atoms with van der Waals surface area (Å²) in [6.45, 7) is 13.2. The molecule has 2 aliphatic rings. The fraction of sp³-hybridized carbons (Fsp3) is 0.556. The molecule has 1 fully saturated rings. The number of benzene rings is 1. The first kappa shape index (κ1) is 12.9. The van der Waals surface area contributed by atoms with E-state index in [4.69, 9.17) is 0 Å².